The monoisotopic (exact) mass is 293 g/mol. The molecule has 1 unspecified atom stereocenters. The van der Waals surface area contributed by atoms with Gasteiger partial charge in [0.15, 0.2) is 17.4 Å². The molecule has 0 aliphatic carbocycles. The van der Waals surface area contributed by atoms with E-state index in [1.165, 1.54) is 6.07 Å². The van der Waals surface area contributed by atoms with E-state index in [9.17, 15) is 4.39 Å². The molecule has 0 radical (unpaired) electrons. The van der Waals surface area contributed by atoms with Crippen molar-refractivity contribution in [2.45, 2.75) is 26.2 Å². The lowest BCUT2D eigenvalue weighted by Gasteiger charge is -2.34. The Kier molecular flexibility index (Phi) is 3.74. The Hall–Kier alpha value is -2.15. The van der Waals surface area contributed by atoms with Crippen molar-refractivity contribution in [3.8, 4) is 5.75 Å². The molecular formula is C14H16FN3O3. The molecule has 21 heavy (non-hydrogen) atoms. The number of rotatable bonds is 4. The molecule has 0 spiro atoms. The predicted octanol–water partition coefficient (Wildman–Crippen LogP) is 2.14. The van der Waals surface area contributed by atoms with E-state index in [0.29, 0.717) is 37.1 Å². The lowest BCUT2D eigenvalue weighted by molar-refractivity contribution is 0.174. The number of ether oxygens (including phenoxy) is 2. The molecule has 0 amide bonds. The summed E-state index contributed by atoms with van der Waals surface area (Å²) in [5, 5.41) is 3.82. The Balaban J connectivity index is 1.84. The van der Waals surface area contributed by atoms with Gasteiger partial charge >= 0.3 is 0 Å². The summed E-state index contributed by atoms with van der Waals surface area (Å²) in [5.74, 6) is 0.863. The van der Waals surface area contributed by atoms with Crippen LogP contribution in [0, 0.1) is 5.82 Å². The van der Waals surface area contributed by atoms with Crippen LogP contribution in [0.3, 0.4) is 0 Å². The third kappa shape index (κ3) is 2.82. The average molecular weight is 293 g/mol. The number of hydrogen-bond acceptors (Lipinski definition) is 6. The largest absolute Gasteiger partial charge is 0.484 e. The highest BCUT2D eigenvalue weighted by Crippen LogP contribution is 2.36. The maximum atomic E-state index is 13.8. The second kappa shape index (κ2) is 5.69. The van der Waals surface area contributed by atoms with Gasteiger partial charge in [-0.3, -0.25) is 0 Å². The lowest BCUT2D eigenvalue weighted by Crippen LogP contribution is -2.38. The molecular weight excluding hydrogens is 277 g/mol. The maximum absolute atomic E-state index is 13.8. The van der Waals surface area contributed by atoms with Crippen molar-refractivity contribution in [3.63, 3.8) is 0 Å². The predicted molar refractivity (Wildman–Crippen MR) is 72.6 cm³/mol. The van der Waals surface area contributed by atoms with Gasteiger partial charge in [0.1, 0.15) is 12.7 Å². The van der Waals surface area contributed by atoms with E-state index in [2.05, 4.69) is 10.1 Å². The fourth-order valence-electron chi connectivity index (χ4n) is 2.37. The zero-order valence-electron chi connectivity index (χ0n) is 11.9. The number of fused-ring (bicyclic) bond motifs is 1. The van der Waals surface area contributed by atoms with Crippen molar-refractivity contribution >= 4 is 5.69 Å². The van der Waals surface area contributed by atoms with Gasteiger partial charge in [0.2, 0.25) is 5.89 Å². The summed E-state index contributed by atoms with van der Waals surface area (Å²) in [7, 11) is 1.57. The Morgan fingerprint density at radius 3 is 3.14 bits per heavy atom. The topological polar surface area (TPSA) is 60.6 Å². The molecule has 0 N–H and O–H groups in total. The first-order valence-corrected chi connectivity index (χ1v) is 6.68. The van der Waals surface area contributed by atoms with Gasteiger partial charge in [0.05, 0.1) is 18.8 Å². The lowest BCUT2D eigenvalue weighted by atomic mass is 10.2. The molecule has 112 valence electrons. The Bertz CT molecular complexity index is 632. The fraction of sp³-hybridized carbons (Fsp3) is 0.429. The molecule has 7 heteroatoms. The number of hydrogen-bond donors (Lipinski definition) is 0. The van der Waals surface area contributed by atoms with E-state index in [1.54, 1.807) is 13.2 Å². The number of halogens is 1. The van der Waals surface area contributed by atoms with E-state index < -0.39 is 0 Å². The molecule has 3 rings (SSSR count). The minimum absolute atomic E-state index is 0.115. The van der Waals surface area contributed by atoms with E-state index in [1.807, 2.05) is 17.9 Å². The minimum Gasteiger partial charge on any atom is -0.484 e. The third-order valence-corrected chi connectivity index (χ3v) is 3.19. The van der Waals surface area contributed by atoms with Gasteiger partial charge in [-0.15, -0.1) is 0 Å². The van der Waals surface area contributed by atoms with Gasteiger partial charge in [-0.1, -0.05) is 11.2 Å². The summed E-state index contributed by atoms with van der Waals surface area (Å²) in [6.07, 6.45) is -0.115. The van der Waals surface area contributed by atoms with E-state index in [4.69, 9.17) is 14.0 Å². The summed E-state index contributed by atoms with van der Waals surface area (Å²) in [4.78, 5) is 6.20. The summed E-state index contributed by atoms with van der Waals surface area (Å²) in [5.41, 5.74) is 0.694. The highest BCUT2D eigenvalue weighted by molar-refractivity contribution is 5.60. The molecule has 0 fully saturated rings. The fourth-order valence-corrected chi connectivity index (χ4v) is 2.37. The summed E-state index contributed by atoms with van der Waals surface area (Å²) in [6.45, 7) is 3.22. The number of aromatic nitrogens is 2. The quantitative estimate of drug-likeness (QED) is 0.860. The van der Waals surface area contributed by atoms with Crippen molar-refractivity contribution in [3.05, 3.63) is 35.7 Å². The molecule has 6 nitrogen and oxygen atoms in total. The Morgan fingerprint density at radius 2 is 2.33 bits per heavy atom. The van der Waals surface area contributed by atoms with Gasteiger partial charge in [-0.25, -0.2) is 4.39 Å². The molecule has 1 aliphatic rings. The Morgan fingerprint density at radius 1 is 1.48 bits per heavy atom. The first-order chi connectivity index (χ1) is 10.2. The molecule has 0 saturated carbocycles. The maximum Gasteiger partial charge on any atom is 0.246 e. The zero-order chi connectivity index (χ0) is 14.8. The second-order valence-electron chi connectivity index (χ2n) is 4.93. The van der Waals surface area contributed by atoms with Gasteiger partial charge in [0.25, 0.3) is 0 Å². The van der Waals surface area contributed by atoms with Gasteiger partial charge in [0, 0.05) is 7.11 Å². The number of nitrogens with zero attached hydrogens (tertiary/aromatic N) is 3. The van der Waals surface area contributed by atoms with Crippen molar-refractivity contribution < 1.29 is 18.4 Å². The molecule has 1 atom stereocenters. The van der Waals surface area contributed by atoms with Crippen molar-refractivity contribution in [1.82, 2.24) is 10.1 Å². The van der Waals surface area contributed by atoms with E-state index >= 15 is 0 Å². The molecule has 1 aliphatic heterocycles. The summed E-state index contributed by atoms with van der Waals surface area (Å²) in [6, 6.07) is 4.86. The highest BCUT2D eigenvalue weighted by Gasteiger charge is 2.26. The first-order valence-electron chi connectivity index (χ1n) is 6.68. The SMILES string of the molecule is COCc1noc(CN2CC(C)Oc3c(F)cccc32)n1. The third-order valence-electron chi connectivity index (χ3n) is 3.19. The van der Waals surface area contributed by atoms with Crippen LogP contribution in [0.15, 0.2) is 22.7 Å². The minimum atomic E-state index is -0.366. The molecule has 1 aromatic carbocycles. The second-order valence-corrected chi connectivity index (χ2v) is 4.93. The normalized spacial score (nSPS) is 17.5. The zero-order valence-corrected chi connectivity index (χ0v) is 11.9. The average Bonchev–Trinajstić information content (AvgIpc) is 2.88. The van der Waals surface area contributed by atoms with Crippen molar-refractivity contribution in [2.24, 2.45) is 0 Å². The molecule has 2 aromatic rings. The summed E-state index contributed by atoms with van der Waals surface area (Å²) >= 11 is 0. The van der Waals surface area contributed by atoms with Crippen molar-refractivity contribution in [1.29, 1.82) is 0 Å². The van der Waals surface area contributed by atoms with Crippen LogP contribution in [0.1, 0.15) is 18.6 Å². The van der Waals surface area contributed by atoms with Gasteiger partial charge in [-0.2, -0.15) is 4.98 Å². The molecule has 2 heterocycles. The van der Waals surface area contributed by atoms with Crippen LogP contribution in [0.5, 0.6) is 5.75 Å². The number of methoxy groups -OCH3 is 1. The van der Waals surface area contributed by atoms with Crippen LogP contribution in [0.2, 0.25) is 0 Å². The molecule has 1 aromatic heterocycles. The number of para-hydroxylation sites is 1. The highest BCUT2D eigenvalue weighted by atomic mass is 19.1. The van der Waals surface area contributed by atoms with Crippen LogP contribution in [0.25, 0.3) is 0 Å². The van der Waals surface area contributed by atoms with Crippen LogP contribution in [0.4, 0.5) is 10.1 Å². The molecule has 0 bridgehead atoms. The van der Waals surface area contributed by atoms with Gasteiger partial charge in [-0.05, 0) is 19.1 Å². The van der Waals surface area contributed by atoms with Crippen LogP contribution in [-0.4, -0.2) is 29.9 Å². The molecule has 0 saturated heterocycles. The van der Waals surface area contributed by atoms with Crippen molar-refractivity contribution in [2.75, 3.05) is 18.6 Å². The standard InChI is InChI=1S/C14H16FN3O3/c1-9-6-18(7-13-16-12(8-19-2)17-21-13)11-5-3-4-10(15)14(11)20-9/h3-5,9H,6-8H2,1-2H3. The first kappa shape index (κ1) is 13.8. The smallest absolute Gasteiger partial charge is 0.246 e. The van der Waals surface area contributed by atoms with Crippen LogP contribution < -0.4 is 9.64 Å². The summed E-state index contributed by atoms with van der Waals surface area (Å²) < 4.78 is 29.5. The number of benzene rings is 1. The van der Waals surface area contributed by atoms with Crippen LogP contribution >= 0.6 is 0 Å². The number of anilines is 1. The van der Waals surface area contributed by atoms with E-state index in [-0.39, 0.29) is 17.7 Å². The Labute approximate surface area is 121 Å². The van der Waals surface area contributed by atoms with Crippen LogP contribution in [-0.2, 0) is 17.9 Å². The van der Waals surface area contributed by atoms with Gasteiger partial charge < -0.3 is 18.9 Å². The van der Waals surface area contributed by atoms with E-state index in [0.717, 1.165) is 0 Å².